The number of methoxy groups -OCH3 is 1. The van der Waals surface area contributed by atoms with E-state index in [-0.39, 0.29) is 11.9 Å². The van der Waals surface area contributed by atoms with Gasteiger partial charge in [-0.15, -0.1) is 0 Å². The second kappa shape index (κ2) is 4.35. The Balaban J connectivity index is 2.84. The lowest BCUT2D eigenvalue weighted by Gasteiger charge is -2.11. The van der Waals surface area contributed by atoms with Gasteiger partial charge in [0.1, 0.15) is 5.82 Å². The average Bonchev–Trinajstić information content (AvgIpc) is 2.10. The smallest absolute Gasteiger partial charge is 0.126 e. The van der Waals surface area contributed by atoms with Crippen LogP contribution in [0.5, 0.6) is 0 Å². The van der Waals surface area contributed by atoms with Crippen molar-refractivity contribution in [2.24, 2.45) is 5.73 Å². The minimum absolute atomic E-state index is 0.177. The predicted molar refractivity (Wildman–Crippen MR) is 49.9 cm³/mol. The van der Waals surface area contributed by atoms with Crippen LogP contribution in [0.15, 0.2) is 18.2 Å². The van der Waals surface area contributed by atoms with Gasteiger partial charge in [0.2, 0.25) is 0 Å². The lowest BCUT2D eigenvalue weighted by Crippen LogP contribution is -2.16. The summed E-state index contributed by atoms with van der Waals surface area (Å²) in [5.74, 6) is -0.201. The van der Waals surface area contributed by atoms with Gasteiger partial charge in [0.25, 0.3) is 0 Å². The van der Waals surface area contributed by atoms with Crippen molar-refractivity contribution in [3.63, 3.8) is 0 Å². The van der Waals surface area contributed by atoms with Gasteiger partial charge in [-0.3, -0.25) is 0 Å². The maximum atomic E-state index is 12.9. The third-order valence-corrected chi connectivity index (χ3v) is 1.96. The molecule has 0 aliphatic heterocycles. The SMILES string of the molecule is COC[C@H](N)c1ccc(F)c(C)c1. The van der Waals surface area contributed by atoms with Crippen LogP contribution < -0.4 is 5.73 Å². The van der Waals surface area contributed by atoms with Crippen molar-refractivity contribution < 1.29 is 9.13 Å². The Labute approximate surface area is 77.5 Å². The summed E-state index contributed by atoms with van der Waals surface area (Å²) in [6.45, 7) is 2.17. The Morgan fingerprint density at radius 3 is 2.77 bits per heavy atom. The van der Waals surface area contributed by atoms with E-state index in [4.69, 9.17) is 10.5 Å². The topological polar surface area (TPSA) is 35.2 Å². The zero-order valence-electron chi connectivity index (χ0n) is 7.88. The summed E-state index contributed by atoms with van der Waals surface area (Å²) in [5.41, 5.74) is 7.30. The lowest BCUT2D eigenvalue weighted by molar-refractivity contribution is 0.181. The van der Waals surface area contributed by atoms with Gasteiger partial charge in [0, 0.05) is 7.11 Å². The maximum absolute atomic E-state index is 12.9. The van der Waals surface area contributed by atoms with Gasteiger partial charge < -0.3 is 10.5 Å². The fourth-order valence-corrected chi connectivity index (χ4v) is 1.17. The molecule has 0 aliphatic rings. The highest BCUT2D eigenvalue weighted by Gasteiger charge is 2.06. The Kier molecular flexibility index (Phi) is 3.39. The number of rotatable bonds is 3. The van der Waals surface area contributed by atoms with Gasteiger partial charge in [0.05, 0.1) is 12.6 Å². The molecule has 72 valence electrons. The third kappa shape index (κ3) is 2.50. The first-order valence-electron chi connectivity index (χ1n) is 4.15. The fourth-order valence-electron chi connectivity index (χ4n) is 1.17. The molecule has 0 heterocycles. The van der Waals surface area contributed by atoms with E-state index >= 15 is 0 Å². The van der Waals surface area contributed by atoms with Crippen molar-refractivity contribution >= 4 is 0 Å². The van der Waals surface area contributed by atoms with Crippen molar-refractivity contribution in [1.29, 1.82) is 0 Å². The molecule has 0 unspecified atom stereocenters. The fraction of sp³-hybridized carbons (Fsp3) is 0.400. The zero-order valence-corrected chi connectivity index (χ0v) is 7.88. The van der Waals surface area contributed by atoms with Crippen molar-refractivity contribution in [2.75, 3.05) is 13.7 Å². The second-order valence-corrected chi connectivity index (χ2v) is 3.07. The summed E-state index contributed by atoms with van der Waals surface area (Å²) >= 11 is 0. The van der Waals surface area contributed by atoms with E-state index in [1.807, 2.05) is 0 Å². The lowest BCUT2D eigenvalue weighted by atomic mass is 10.1. The van der Waals surface area contributed by atoms with E-state index in [0.29, 0.717) is 12.2 Å². The van der Waals surface area contributed by atoms with Gasteiger partial charge in [0.15, 0.2) is 0 Å². The largest absolute Gasteiger partial charge is 0.383 e. The third-order valence-electron chi connectivity index (χ3n) is 1.96. The molecule has 0 radical (unpaired) electrons. The highest BCUT2D eigenvalue weighted by molar-refractivity contribution is 5.26. The summed E-state index contributed by atoms with van der Waals surface area (Å²) in [6.07, 6.45) is 0. The monoisotopic (exact) mass is 183 g/mol. The van der Waals surface area contributed by atoms with E-state index in [0.717, 1.165) is 5.56 Å². The number of benzene rings is 1. The van der Waals surface area contributed by atoms with Crippen LogP contribution in [-0.4, -0.2) is 13.7 Å². The molecule has 1 aromatic rings. The Morgan fingerprint density at radius 1 is 1.54 bits per heavy atom. The van der Waals surface area contributed by atoms with Gasteiger partial charge in [-0.2, -0.15) is 0 Å². The van der Waals surface area contributed by atoms with Crippen molar-refractivity contribution in [3.8, 4) is 0 Å². The van der Waals surface area contributed by atoms with E-state index in [2.05, 4.69) is 0 Å². The molecule has 0 saturated heterocycles. The quantitative estimate of drug-likeness (QED) is 0.775. The number of aryl methyl sites for hydroxylation is 1. The highest BCUT2D eigenvalue weighted by Crippen LogP contribution is 2.14. The summed E-state index contributed by atoms with van der Waals surface area (Å²) in [4.78, 5) is 0. The Bertz CT molecular complexity index is 288. The van der Waals surface area contributed by atoms with Crippen LogP contribution in [-0.2, 0) is 4.74 Å². The molecular formula is C10H14FNO. The minimum Gasteiger partial charge on any atom is -0.383 e. The summed E-state index contributed by atoms with van der Waals surface area (Å²) in [5, 5.41) is 0. The van der Waals surface area contributed by atoms with E-state index in [1.54, 1.807) is 26.2 Å². The minimum atomic E-state index is -0.201. The predicted octanol–water partition coefficient (Wildman–Crippen LogP) is 1.78. The first kappa shape index (κ1) is 10.2. The molecule has 3 heteroatoms. The maximum Gasteiger partial charge on any atom is 0.126 e. The summed E-state index contributed by atoms with van der Waals surface area (Å²) in [6, 6.07) is 4.69. The molecule has 0 spiro atoms. The summed E-state index contributed by atoms with van der Waals surface area (Å²) < 4.78 is 17.8. The summed E-state index contributed by atoms with van der Waals surface area (Å²) in [7, 11) is 1.59. The van der Waals surface area contributed by atoms with E-state index in [1.165, 1.54) is 6.07 Å². The first-order valence-corrected chi connectivity index (χ1v) is 4.15. The normalized spacial score (nSPS) is 12.9. The van der Waals surface area contributed by atoms with E-state index < -0.39 is 0 Å². The van der Waals surface area contributed by atoms with Crippen molar-refractivity contribution in [3.05, 3.63) is 35.1 Å². The Hall–Kier alpha value is -0.930. The van der Waals surface area contributed by atoms with Crippen LogP contribution in [0.3, 0.4) is 0 Å². The molecule has 0 fully saturated rings. The molecule has 0 amide bonds. The van der Waals surface area contributed by atoms with Crippen molar-refractivity contribution in [2.45, 2.75) is 13.0 Å². The van der Waals surface area contributed by atoms with Crippen LogP contribution >= 0.6 is 0 Å². The number of hydrogen-bond donors (Lipinski definition) is 1. The number of nitrogens with two attached hydrogens (primary N) is 1. The molecule has 1 rings (SSSR count). The molecule has 0 saturated carbocycles. The number of hydrogen-bond acceptors (Lipinski definition) is 2. The molecule has 2 nitrogen and oxygen atoms in total. The van der Waals surface area contributed by atoms with Crippen LogP contribution in [0, 0.1) is 12.7 Å². The second-order valence-electron chi connectivity index (χ2n) is 3.07. The van der Waals surface area contributed by atoms with Gasteiger partial charge in [-0.25, -0.2) is 4.39 Å². The standard InChI is InChI=1S/C10H14FNO/c1-7-5-8(3-4-9(7)11)10(12)6-13-2/h3-5,10H,6,12H2,1-2H3/t10-/m0/s1. The van der Waals surface area contributed by atoms with E-state index in [9.17, 15) is 4.39 Å². The average molecular weight is 183 g/mol. The first-order chi connectivity index (χ1) is 6.15. The molecular weight excluding hydrogens is 169 g/mol. The van der Waals surface area contributed by atoms with Gasteiger partial charge in [-0.1, -0.05) is 12.1 Å². The number of halogens is 1. The molecule has 2 N–H and O–H groups in total. The van der Waals surface area contributed by atoms with Crippen LogP contribution in [0.25, 0.3) is 0 Å². The molecule has 0 bridgehead atoms. The number of ether oxygens (including phenoxy) is 1. The molecule has 1 atom stereocenters. The van der Waals surface area contributed by atoms with Crippen molar-refractivity contribution in [1.82, 2.24) is 0 Å². The molecule has 1 aromatic carbocycles. The van der Waals surface area contributed by atoms with Gasteiger partial charge >= 0.3 is 0 Å². The zero-order chi connectivity index (χ0) is 9.84. The van der Waals surface area contributed by atoms with Gasteiger partial charge in [-0.05, 0) is 24.1 Å². The molecule has 0 aliphatic carbocycles. The van der Waals surface area contributed by atoms with Crippen LogP contribution in [0.1, 0.15) is 17.2 Å². The van der Waals surface area contributed by atoms with Crippen LogP contribution in [0.2, 0.25) is 0 Å². The Morgan fingerprint density at radius 2 is 2.23 bits per heavy atom. The van der Waals surface area contributed by atoms with Crippen LogP contribution in [0.4, 0.5) is 4.39 Å². The molecule has 13 heavy (non-hydrogen) atoms. The molecule has 0 aromatic heterocycles. The highest BCUT2D eigenvalue weighted by atomic mass is 19.1.